The van der Waals surface area contributed by atoms with Crippen LogP contribution >= 0.6 is 0 Å². The Kier molecular flexibility index (Phi) is 6.39. The van der Waals surface area contributed by atoms with Crippen molar-refractivity contribution in [3.05, 3.63) is 0 Å². The van der Waals surface area contributed by atoms with Crippen molar-refractivity contribution in [3.63, 3.8) is 0 Å². The summed E-state index contributed by atoms with van der Waals surface area (Å²) in [6, 6.07) is 0.447. The van der Waals surface area contributed by atoms with Crippen LogP contribution in [0.4, 0.5) is 13.2 Å². The Labute approximate surface area is 127 Å². The molecule has 0 aliphatic heterocycles. The van der Waals surface area contributed by atoms with Crippen LogP contribution in [-0.2, 0) is 0 Å². The van der Waals surface area contributed by atoms with E-state index < -0.39 is 12.1 Å². The van der Waals surface area contributed by atoms with E-state index in [1.165, 1.54) is 38.5 Å². The number of nitrogens with one attached hydrogen (secondary N) is 1. The van der Waals surface area contributed by atoms with Crippen molar-refractivity contribution in [2.24, 2.45) is 17.8 Å². The zero-order chi connectivity index (χ0) is 15.3. The number of rotatable bonds is 4. The topological polar surface area (TPSA) is 12.0 Å². The Morgan fingerprint density at radius 1 is 0.857 bits per heavy atom. The Bertz CT molecular complexity index is 287. The maximum absolute atomic E-state index is 12.8. The molecule has 0 heterocycles. The molecule has 124 valence electrons. The fourth-order valence-electron chi connectivity index (χ4n) is 4.43. The molecular weight excluding hydrogens is 275 g/mol. The second-order valence-corrected chi connectivity index (χ2v) is 6.99. The third-order valence-corrected chi connectivity index (χ3v) is 5.59. The summed E-state index contributed by atoms with van der Waals surface area (Å²) in [5.74, 6) is 0.0803. The molecule has 4 heteroatoms. The second-order valence-electron chi connectivity index (χ2n) is 6.99. The number of hydrogen-bond acceptors (Lipinski definition) is 1. The second kappa shape index (κ2) is 7.85. The highest BCUT2D eigenvalue weighted by Crippen LogP contribution is 2.42. The zero-order valence-electron chi connectivity index (χ0n) is 13.2. The smallest absolute Gasteiger partial charge is 0.314 e. The lowest BCUT2D eigenvalue weighted by molar-refractivity contribution is -0.184. The molecule has 0 aromatic carbocycles. The van der Waals surface area contributed by atoms with Gasteiger partial charge in [-0.2, -0.15) is 13.2 Å². The summed E-state index contributed by atoms with van der Waals surface area (Å²) in [5.41, 5.74) is 0. The van der Waals surface area contributed by atoms with E-state index in [1.807, 2.05) is 0 Å². The van der Waals surface area contributed by atoms with Crippen molar-refractivity contribution < 1.29 is 13.2 Å². The summed E-state index contributed by atoms with van der Waals surface area (Å²) in [7, 11) is 0. The third-order valence-electron chi connectivity index (χ3n) is 5.59. The minimum atomic E-state index is -3.99. The predicted molar refractivity (Wildman–Crippen MR) is 80.2 cm³/mol. The molecule has 0 radical (unpaired) electrons. The average Bonchev–Trinajstić information content (AvgIpc) is 2.73. The summed E-state index contributed by atoms with van der Waals surface area (Å²) in [6.45, 7) is 3.05. The third kappa shape index (κ3) is 4.87. The van der Waals surface area contributed by atoms with Gasteiger partial charge in [-0.3, -0.25) is 0 Å². The van der Waals surface area contributed by atoms with Crippen LogP contribution < -0.4 is 5.32 Å². The van der Waals surface area contributed by atoms with Crippen molar-refractivity contribution in [1.82, 2.24) is 5.32 Å². The molecule has 0 spiro atoms. The SMILES string of the molecule is CCNC(C1CCCCCC1)C1CCC(C(F)(F)F)CC1. The molecule has 2 aliphatic carbocycles. The first-order chi connectivity index (χ1) is 10.0. The molecule has 2 rings (SSSR count). The number of halogens is 3. The van der Waals surface area contributed by atoms with E-state index in [0.717, 1.165) is 19.4 Å². The molecule has 21 heavy (non-hydrogen) atoms. The molecule has 0 aromatic heterocycles. The molecule has 1 nitrogen and oxygen atoms in total. The Morgan fingerprint density at radius 2 is 1.38 bits per heavy atom. The van der Waals surface area contributed by atoms with E-state index in [0.29, 0.717) is 30.7 Å². The van der Waals surface area contributed by atoms with E-state index in [1.54, 1.807) is 0 Å². The summed E-state index contributed by atoms with van der Waals surface area (Å²) >= 11 is 0. The predicted octanol–water partition coefficient (Wildman–Crippen LogP) is 5.30. The lowest BCUT2D eigenvalue weighted by Gasteiger charge is -2.38. The van der Waals surface area contributed by atoms with Crippen molar-refractivity contribution in [1.29, 1.82) is 0 Å². The standard InChI is InChI=1S/C17H30F3N/c1-2-21-16(13-7-5-3-4-6-8-13)14-9-11-15(12-10-14)17(18,19)20/h13-16,21H,2-12H2,1H3. The normalized spacial score (nSPS) is 30.9. The number of alkyl halides is 3. The van der Waals surface area contributed by atoms with Gasteiger partial charge in [-0.1, -0.05) is 32.6 Å². The van der Waals surface area contributed by atoms with Crippen LogP contribution in [0.3, 0.4) is 0 Å². The van der Waals surface area contributed by atoms with Crippen LogP contribution in [0.1, 0.15) is 71.1 Å². The summed E-state index contributed by atoms with van der Waals surface area (Å²) in [5, 5.41) is 3.62. The zero-order valence-corrected chi connectivity index (χ0v) is 13.2. The Morgan fingerprint density at radius 3 is 1.86 bits per heavy atom. The minimum Gasteiger partial charge on any atom is -0.314 e. The quantitative estimate of drug-likeness (QED) is 0.695. The fraction of sp³-hybridized carbons (Fsp3) is 1.00. The molecule has 0 saturated heterocycles. The van der Waals surface area contributed by atoms with Crippen LogP contribution in [0.15, 0.2) is 0 Å². The van der Waals surface area contributed by atoms with Crippen LogP contribution in [0.25, 0.3) is 0 Å². The van der Waals surface area contributed by atoms with Gasteiger partial charge in [0.05, 0.1) is 5.92 Å². The minimum absolute atomic E-state index is 0.336. The molecule has 0 bridgehead atoms. The largest absolute Gasteiger partial charge is 0.391 e. The lowest BCUT2D eigenvalue weighted by Crippen LogP contribution is -2.44. The van der Waals surface area contributed by atoms with Gasteiger partial charge in [-0.05, 0) is 56.9 Å². The molecule has 1 unspecified atom stereocenters. The van der Waals surface area contributed by atoms with E-state index in [4.69, 9.17) is 0 Å². The molecule has 2 saturated carbocycles. The van der Waals surface area contributed by atoms with Gasteiger partial charge in [-0.25, -0.2) is 0 Å². The first-order valence-corrected chi connectivity index (χ1v) is 8.82. The van der Waals surface area contributed by atoms with Crippen molar-refractivity contribution in [3.8, 4) is 0 Å². The van der Waals surface area contributed by atoms with Gasteiger partial charge in [0.15, 0.2) is 0 Å². The van der Waals surface area contributed by atoms with Crippen LogP contribution in [0.5, 0.6) is 0 Å². The van der Waals surface area contributed by atoms with Crippen molar-refractivity contribution >= 4 is 0 Å². The molecule has 1 N–H and O–H groups in total. The Balaban J connectivity index is 1.93. The van der Waals surface area contributed by atoms with E-state index in [2.05, 4.69) is 12.2 Å². The molecule has 0 amide bonds. The van der Waals surface area contributed by atoms with Crippen molar-refractivity contribution in [2.75, 3.05) is 6.54 Å². The highest BCUT2D eigenvalue weighted by Gasteiger charge is 2.43. The van der Waals surface area contributed by atoms with Gasteiger partial charge >= 0.3 is 6.18 Å². The molecular formula is C17H30F3N. The highest BCUT2D eigenvalue weighted by molar-refractivity contribution is 4.88. The van der Waals surface area contributed by atoms with Gasteiger partial charge in [-0.15, -0.1) is 0 Å². The van der Waals surface area contributed by atoms with E-state index in [-0.39, 0.29) is 0 Å². The van der Waals surface area contributed by atoms with Crippen LogP contribution in [0, 0.1) is 17.8 Å². The van der Waals surface area contributed by atoms with Crippen molar-refractivity contribution in [2.45, 2.75) is 83.4 Å². The van der Waals surface area contributed by atoms with Gasteiger partial charge in [0.25, 0.3) is 0 Å². The molecule has 2 fully saturated rings. The van der Waals surface area contributed by atoms with Gasteiger partial charge in [0.2, 0.25) is 0 Å². The Hall–Kier alpha value is -0.250. The monoisotopic (exact) mass is 305 g/mol. The maximum atomic E-state index is 12.8. The average molecular weight is 305 g/mol. The molecule has 1 atom stereocenters. The van der Waals surface area contributed by atoms with Gasteiger partial charge < -0.3 is 5.32 Å². The van der Waals surface area contributed by atoms with Crippen LogP contribution in [-0.4, -0.2) is 18.8 Å². The highest BCUT2D eigenvalue weighted by atomic mass is 19.4. The molecule has 0 aromatic rings. The summed E-state index contributed by atoms with van der Waals surface area (Å²) in [4.78, 5) is 0. The summed E-state index contributed by atoms with van der Waals surface area (Å²) < 4.78 is 38.4. The lowest BCUT2D eigenvalue weighted by atomic mass is 9.73. The van der Waals surface area contributed by atoms with Gasteiger partial charge in [0, 0.05) is 6.04 Å². The van der Waals surface area contributed by atoms with Crippen LogP contribution in [0.2, 0.25) is 0 Å². The first kappa shape index (κ1) is 17.1. The molecule has 2 aliphatic rings. The summed E-state index contributed by atoms with van der Waals surface area (Å²) in [6.07, 6.45) is 5.96. The fourth-order valence-corrected chi connectivity index (χ4v) is 4.43. The first-order valence-electron chi connectivity index (χ1n) is 8.82. The number of hydrogen-bond donors (Lipinski definition) is 1. The van der Waals surface area contributed by atoms with E-state index in [9.17, 15) is 13.2 Å². The van der Waals surface area contributed by atoms with Gasteiger partial charge in [0.1, 0.15) is 0 Å². The van der Waals surface area contributed by atoms with E-state index >= 15 is 0 Å². The maximum Gasteiger partial charge on any atom is 0.391 e.